The van der Waals surface area contributed by atoms with Crippen molar-refractivity contribution in [1.82, 2.24) is 10.6 Å². The summed E-state index contributed by atoms with van der Waals surface area (Å²) in [6, 6.07) is 4.70. The van der Waals surface area contributed by atoms with Crippen molar-refractivity contribution in [3.63, 3.8) is 0 Å². The summed E-state index contributed by atoms with van der Waals surface area (Å²) >= 11 is 1.66. The lowest BCUT2D eigenvalue weighted by Gasteiger charge is -2.28. The Hall–Kier alpha value is -2.02. The van der Waals surface area contributed by atoms with Crippen molar-refractivity contribution >= 4 is 23.8 Å². The highest BCUT2D eigenvalue weighted by molar-refractivity contribution is 7.99. The normalized spacial score (nSPS) is 17.5. The Kier molecular flexibility index (Phi) is 6.04. The summed E-state index contributed by atoms with van der Waals surface area (Å²) < 4.78 is 19.3. The second kappa shape index (κ2) is 8.01. The smallest absolute Gasteiger partial charge is 0.338 e. The standard InChI is InChI=1S/C16H19FN2O3S/c1-3-23-9-8-22-15(20)13-10(2)18-16(21)19-14(13)11-6-4-5-7-12(11)17/h4-7,14H,3,8-9H2,1-2H3,(H2,18,19,21)/t14-/m1/s1. The van der Waals surface area contributed by atoms with Gasteiger partial charge in [0, 0.05) is 17.0 Å². The molecule has 23 heavy (non-hydrogen) atoms. The van der Waals surface area contributed by atoms with Crippen LogP contribution in [0.4, 0.5) is 9.18 Å². The first-order valence-electron chi connectivity index (χ1n) is 7.32. The van der Waals surface area contributed by atoms with E-state index < -0.39 is 23.9 Å². The first-order valence-corrected chi connectivity index (χ1v) is 8.47. The molecule has 0 aromatic heterocycles. The van der Waals surface area contributed by atoms with Gasteiger partial charge in [0.05, 0.1) is 11.6 Å². The van der Waals surface area contributed by atoms with Crippen LogP contribution in [0, 0.1) is 5.82 Å². The molecule has 124 valence electrons. The second-order valence-electron chi connectivity index (χ2n) is 4.92. The molecule has 2 amide bonds. The quantitative estimate of drug-likeness (QED) is 0.618. The summed E-state index contributed by atoms with van der Waals surface area (Å²) in [4.78, 5) is 24.1. The van der Waals surface area contributed by atoms with Crippen LogP contribution >= 0.6 is 11.8 Å². The van der Waals surface area contributed by atoms with E-state index >= 15 is 0 Å². The van der Waals surface area contributed by atoms with Gasteiger partial charge in [0.2, 0.25) is 0 Å². The molecule has 2 N–H and O–H groups in total. The van der Waals surface area contributed by atoms with Crippen molar-refractivity contribution in [2.24, 2.45) is 0 Å². The number of hydrogen-bond acceptors (Lipinski definition) is 4. The van der Waals surface area contributed by atoms with E-state index in [0.29, 0.717) is 11.4 Å². The van der Waals surface area contributed by atoms with Crippen molar-refractivity contribution in [3.8, 4) is 0 Å². The molecule has 0 saturated heterocycles. The van der Waals surface area contributed by atoms with E-state index in [2.05, 4.69) is 10.6 Å². The molecule has 1 atom stereocenters. The second-order valence-corrected chi connectivity index (χ2v) is 6.32. The van der Waals surface area contributed by atoms with Crippen LogP contribution in [0.1, 0.15) is 25.5 Å². The molecule has 7 heteroatoms. The first-order chi connectivity index (χ1) is 11.0. The molecule has 0 saturated carbocycles. The highest BCUT2D eigenvalue weighted by Gasteiger charge is 2.33. The van der Waals surface area contributed by atoms with Crippen molar-refractivity contribution in [1.29, 1.82) is 0 Å². The third-order valence-electron chi connectivity index (χ3n) is 3.37. The fraction of sp³-hybridized carbons (Fsp3) is 0.375. The molecule has 5 nitrogen and oxygen atoms in total. The molecule has 1 aromatic rings. The van der Waals surface area contributed by atoms with E-state index in [9.17, 15) is 14.0 Å². The number of urea groups is 1. The lowest BCUT2D eigenvalue weighted by atomic mass is 9.95. The molecular formula is C16H19FN2O3S. The van der Waals surface area contributed by atoms with Crippen LogP contribution in [0.3, 0.4) is 0 Å². The molecular weight excluding hydrogens is 319 g/mol. The van der Waals surface area contributed by atoms with Crippen LogP contribution in [0.25, 0.3) is 0 Å². The lowest BCUT2D eigenvalue weighted by Crippen LogP contribution is -2.45. The Bertz CT molecular complexity index is 634. The Morgan fingerprint density at radius 2 is 2.13 bits per heavy atom. The van der Waals surface area contributed by atoms with E-state index in [0.717, 1.165) is 5.75 Å². The number of rotatable bonds is 6. The van der Waals surface area contributed by atoms with Gasteiger partial charge in [0.25, 0.3) is 0 Å². The summed E-state index contributed by atoms with van der Waals surface area (Å²) in [5.41, 5.74) is 0.822. The lowest BCUT2D eigenvalue weighted by molar-refractivity contribution is -0.138. The van der Waals surface area contributed by atoms with Gasteiger partial charge in [-0.15, -0.1) is 0 Å². The van der Waals surface area contributed by atoms with Gasteiger partial charge in [-0.25, -0.2) is 14.0 Å². The highest BCUT2D eigenvalue weighted by Crippen LogP contribution is 2.29. The van der Waals surface area contributed by atoms with Crippen molar-refractivity contribution < 1.29 is 18.7 Å². The summed E-state index contributed by atoms with van der Waals surface area (Å²) in [6.45, 7) is 3.89. The number of carbonyl (C=O) groups excluding carboxylic acids is 2. The fourth-order valence-corrected chi connectivity index (χ4v) is 2.81. The SMILES string of the molecule is CCSCCOC(=O)C1=C(C)NC(=O)N[C@@H]1c1ccccc1F. The Labute approximate surface area is 138 Å². The summed E-state index contributed by atoms with van der Waals surface area (Å²) in [5.74, 6) is 0.590. The maximum absolute atomic E-state index is 14.1. The van der Waals surface area contributed by atoms with Gasteiger partial charge < -0.3 is 15.4 Å². The van der Waals surface area contributed by atoms with Gasteiger partial charge in [-0.1, -0.05) is 25.1 Å². The number of carbonyl (C=O) groups is 2. The van der Waals surface area contributed by atoms with Crippen LogP contribution in [0.15, 0.2) is 35.5 Å². The van der Waals surface area contributed by atoms with E-state index in [1.54, 1.807) is 36.9 Å². The molecule has 1 aromatic carbocycles. The average Bonchev–Trinajstić information content (AvgIpc) is 2.51. The van der Waals surface area contributed by atoms with E-state index in [1.807, 2.05) is 6.92 Å². The van der Waals surface area contributed by atoms with Crippen LogP contribution in [0.5, 0.6) is 0 Å². The number of benzene rings is 1. The minimum absolute atomic E-state index is 0.219. The zero-order valence-electron chi connectivity index (χ0n) is 13.0. The summed E-state index contributed by atoms with van der Waals surface area (Å²) in [6.07, 6.45) is 0. The zero-order chi connectivity index (χ0) is 16.8. The third kappa shape index (κ3) is 4.25. The van der Waals surface area contributed by atoms with E-state index in [-0.39, 0.29) is 17.7 Å². The minimum atomic E-state index is -0.865. The first kappa shape index (κ1) is 17.3. The van der Waals surface area contributed by atoms with Crippen molar-refractivity contribution in [3.05, 3.63) is 46.9 Å². The van der Waals surface area contributed by atoms with Gasteiger partial charge in [-0.05, 0) is 18.7 Å². The fourth-order valence-electron chi connectivity index (χ4n) is 2.32. The van der Waals surface area contributed by atoms with E-state index in [1.165, 1.54) is 6.07 Å². The molecule has 1 aliphatic heterocycles. The topological polar surface area (TPSA) is 67.4 Å². The van der Waals surface area contributed by atoms with Crippen molar-refractivity contribution in [2.75, 3.05) is 18.1 Å². The average molecular weight is 338 g/mol. The largest absolute Gasteiger partial charge is 0.461 e. The molecule has 1 aliphatic rings. The molecule has 0 spiro atoms. The van der Waals surface area contributed by atoms with Crippen molar-refractivity contribution in [2.45, 2.75) is 19.9 Å². The zero-order valence-corrected chi connectivity index (χ0v) is 13.8. The maximum atomic E-state index is 14.1. The number of nitrogens with one attached hydrogen (secondary N) is 2. The van der Waals surface area contributed by atoms with Gasteiger partial charge >= 0.3 is 12.0 Å². The Balaban J connectivity index is 2.25. The highest BCUT2D eigenvalue weighted by atomic mass is 32.2. The number of esters is 1. The van der Waals surface area contributed by atoms with Crippen LogP contribution < -0.4 is 10.6 Å². The predicted molar refractivity (Wildman–Crippen MR) is 87.5 cm³/mol. The number of thioether (sulfide) groups is 1. The van der Waals surface area contributed by atoms with Gasteiger partial charge in [-0.2, -0.15) is 11.8 Å². The number of halogens is 1. The molecule has 0 aliphatic carbocycles. The Morgan fingerprint density at radius 1 is 1.39 bits per heavy atom. The summed E-state index contributed by atoms with van der Waals surface area (Å²) in [5, 5.41) is 5.11. The van der Waals surface area contributed by atoms with Gasteiger partial charge in [-0.3, -0.25) is 0 Å². The van der Waals surface area contributed by atoms with Crippen LogP contribution in [0.2, 0.25) is 0 Å². The summed E-state index contributed by atoms with van der Waals surface area (Å²) in [7, 11) is 0. The monoisotopic (exact) mass is 338 g/mol. The molecule has 0 radical (unpaired) electrons. The number of ether oxygens (including phenoxy) is 1. The number of hydrogen-bond donors (Lipinski definition) is 2. The Morgan fingerprint density at radius 3 is 2.83 bits per heavy atom. The third-order valence-corrected chi connectivity index (χ3v) is 4.23. The molecule has 0 unspecified atom stereocenters. The number of amides is 2. The predicted octanol–water partition coefficient (Wildman–Crippen LogP) is 2.75. The number of allylic oxidation sites excluding steroid dienone is 1. The molecule has 0 bridgehead atoms. The van der Waals surface area contributed by atoms with Crippen LogP contribution in [-0.4, -0.2) is 30.1 Å². The minimum Gasteiger partial charge on any atom is -0.461 e. The van der Waals surface area contributed by atoms with Gasteiger partial charge in [0.15, 0.2) is 0 Å². The van der Waals surface area contributed by atoms with Crippen LogP contribution in [-0.2, 0) is 9.53 Å². The van der Waals surface area contributed by atoms with E-state index in [4.69, 9.17) is 4.74 Å². The molecule has 1 heterocycles. The van der Waals surface area contributed by atoms with Gasteiger partial charge in [0.1, 0.15) is 12.4 Å². The molecule has 0 fully saturated rings. The molecule has 2 rings (SSSR count). The maximum Gasteiger partial charge on any atom is 0.338 e.